The lowest BCUT2D eigenvalue weighted by molar-refractivity contribution is -0.0769. The third-order valence-corrected chi connectivity index (χ3v) is 8.11. The summed E-state index contributed by atoms with van der Waals surface area (Å²) in [5.41, 5.74) is 6.85. The van der Waals surface area contributed by atoms with Crippen LogP contribution in [0.25, 0.3) is 16.6 Å². The SMILES string of the molecule is [2H]C([2H])([2H])N1C(=O)c2ccc(F)c(OC(F)F)c2[C@H]2C[C@@H]1c1nn3ccc(-c4cnc(C5(N)CC(C)(O)C5)nc4)cc3c12. The van der Waals surface area contributed by atoms with Crippen LogP contribution in [0.1, 0.15) is 75.3 Å². The van der Waals surface area contributed by atoms with Gasteiger partial charge in [0.1, 0.15) is 5.82 Å². The van der Waals surface area contributed by atoms with Crippen molar-refractivity contribution in [2.24, 2.45) is 5.73 Å². The molecule has 40 heavy (non-hydrogen) atoms. The smallest absolute Gasteiger partial charge is 0.387 e. The van der Waals surface area contributed by atoms with Crippen LogP contribution in [0.15, 0.2) is 42.9 Å². The number of fused-ring (bicyclic) bond motifs is 9. The summed E-state index contributed by atoms with van der Waals surface area (Å²) in [5, 5.41) is 14.7. The molecule has 1 saturated carbocycles. The van der Waals surface area contributed by atoms with E-state index in [9.17, 15) is 23.1 Å². The molecule has 3 aliphatic rings. The standard InChI is InChI=1S/C28H25F3N6O3/c1-27(39)11-28(32,12-27)25-33-9-14(10-34-25)13-5-6-37-18(7-13)21-16-8-19(22(21)35-37)36(2)24(38)15-3-4-17(29)23(20(15)16)40-26(30)31/h3-7,9-10,16,19,26,39H,8,11-12,32H2,1-2H3/t16-,19-,27?,28?/m1/s1/i2D3. The number of alkyl halides is 2. The van der Waals surface area contributed by atoms with Gasteiger partial charge in [-0.15, -0.1) is 0 Å². The average molecular weight is 554 g/mol. The number of amides is 1. The van der Waals surface area contributed by atoms with E-state index in [1.807, 2.05) is 0 Å². The summed E-state index contributed by atoms with van der Waals surface area (Å²) in [4.78, 5) is 23.2. The van der Waals surface area contributed by atoms with Gasteiger partial charge in [-0.2, -0.15) is 13.9 Å². The van der Waals surface area contributed by atoms with E-state index in [0.29, 0.717) is 45.8 Å². The quantitative estimate of drug-likeness (QED) is 0.394. The van der Waals surface area contributed by atoms with Crippen molar-refractivity contribution in [3.8, 4) is 16.9 Å². The molecule has 0 saturated heterocycles. The molecule has 3 aromatic heterocycles. The number of aliphatic hydroxyl groups is 1. The minimum Gasteiger partial charge on any atom is -0.431 e. The Balaban J connectivity index is 1.38. The fraction of sp³-hybridized carbons (Fsp3) is 0.357. The zero-order valence-corrected chi connectivity index (χ0v) is 21.1. The lowest BCUT2D eigenvalue weighted by Crippen LogP contribution is -2.59. The Kier molecular flexibility index (Phi) is 4.48. The average Bonchev–Trinajstić information content (AvgIpc) is 3.40. The summed E-state index contributed by atoms with van der Waals surface area (Å²) < 4.78 is 72.4. The first-order valence-corrected chi connectivity index (χ1v) is 12.6. The minimum atomic E-state index is -3.38. The molecule has 9 nitrogen and oxygen atoms in total. The van der Waals surface area contributed by atoms with Crippen LogP contribution in [-0.4, -0.2) is 54.7 Å². The van der Waals surface area contributed by atoms with Gasteiger partial charge in [0, 0.05) is 70.7 Å². The number of hydrogen-bond donors (Lipinski definition) is 2. The molecule has 1 fully saturated rings. The fourth-order valence-corrected chi connectivity index (χ4v) is 6.59. The monoisotopic (exact) mass is 553 g/mol. The Morgan fingerprint density at radius 3 is 2.62 bits per heavy atom. The molecule has 206 valence electrons. The van der Waals surface area contributed by atoms with Crippen molar-refractivity contribution in [3.05, 3.63) is 76.9 Å². The Bertz CT molecular complexity index is 1800. The largest absolute Gasteiger partial charge is 0.431 e. The van der Waals surface area contributed by atoms with Gasteiger partial charge in [-0.05, 0) is 43.2 Å². The first-order valence-electron chi connectivity index (χ1n) is 14.1. The maximum Gasteiger partial charge on any atom is 0.387 e. The Hall–Kier alpha value is -4.03. The molecule has 0 radical (unpaired) electrons. The number of nitrogens with two attached hydrogens (primary N) is 1. The van der Waals surface area contributed by atoms with E-state index >= 15 is 0 Å². The second-order valence-electron chi connectivity index (χ2n) is 11.0. The molecule has 7 rings (SSSR count). The molecule has 2 aliphatic carbocycles. The van der Waals surface area contributed by atoms with Crippen molar-refractivity contribution >= 4 is 11.4 Å². The summed E-state index contributed by atoms with van der Waals surface area (Å²) in [5.74, 6) is -3.31. The van der Waals surface area contributed by atoms with E-state index in [1.165, 1.54) is 4.52 Å². The summed E-state index contributed by atoms with van der Waals surface area (Å²) in [6.45, 7) is -4.58. The van der Waals surface area contributed by atoms with E-state index in [4.69, 9.17) is 9.85 Å². The lowest BCUT2D eigenvalue weighted by atomic mass is 9.66. The van der Waals surface area contributed by atoms with Crippen molar-refractivity contribution in [2.75, 3.05) is 6.98 Å². The summed E-state index contributed by atoms with van der Waals surface area (Å²) in [6, 6.07) is 4.41. The molecule has 1 aromatic carbocycles. The first-order chi connectivity index (χ1) is 20.2. The van der Waals surface area contributed by atoms with Gasteiger partial charge < -0.3 is 20.5 Å². The summed E-state index contributed by atoms with van der Waals surface area (Å²) in [6.07, 6.45) is 5.48. The highest BCUT2D eigenvalue weighted by Gasteiger charge is 2.51. The van der Waals surface area contributed by atoms with Gasteiger partial charge in [0.2, 0.25) is 0 Å². The number of rotatable bonds is 4. The van der Waals surface area contributed by atoms with Crippen LogP contribution in [0.4, 0.5) is 13.2 Å². The third-order valence-electron chi connectivity index (χ3n) is 8.11. The molecule has 12 heteroatoms. The van der Waals surface area contributed by atoms with E-state index in [0.717, 1.165) is 12.1 Å². The number of hydrogen-bond acceptors (Lipinski definition) is 7. The van der Waals surface area contributed by atoms with Gasteiger partial charge in [0.25, 0.3) is 5.91 Å². The van der Waals surface area contributed by atoms with Crippen LogP contribution < -0.4 is 10.5 Å². The van der Waals surface area contributed by atoms with Crippen LogP contribution >= 0.6 is 0 Å². The van der Waals surface area contributed by atoms with Crippen molar-refractivity contribution < 1.29 is 31.9 Å². The first kappa shape index (κ1) is 21.8. The topological polar surface area (TPSA) is 119 Å². The number of carbonyl (C=O) groups is 1. The molecule has 2 bridgehead atoms. The van der Waals surface area contributed by atoms with Crippen molar-refractivity contribution in [1.29, 1.82) is 0 Å². The fourth-order valence-electron chi connectivity index (χ4n) is 6.59. The van der Waals surface area contributed by atoms with E-state index < -0.39 is 54.2 Å². The zero-order chi connectivity index (χ0) is 30.6. The van der Waals surface area contributed by atoms with Gasteiger partial charge in [-0.25, -0.2) is 18.9 Å². The third kappa shape index (κ3) is 3.55. The number of ether oxygens (including phenoxy) is 1. The number of nitrogens with zero attached hydrogens (tertiary/aromatic N) is 5. The molecular weight excluding hydrogens is 525 g/mol. The van der Waals surface area contributed by atoms with Crippen LogP contribution in [0.2, 0.25) is 0 Å². The van der Waals surface area contributed by atoms with E-state index in [1.54, 1.807) is 37.6 Å². The minimum absolute atomic E-state index is 0.0151. The maximum absolute atomic E-state index is 15.0. The molecular formula is C28H25F3N6O3. The van der Waals surface area contributed by atoms with Crippen LogP contribution in [0.5, 0.6) is 5.75 Å². The van der Waals surface area contributed by atoms with Crippen LogP contribution in [-0.2, 0) is 5.54 Å². The molecule has 3 N–H and O–H groups in total. The number of pyridine rings is 1. The molecule has 1 amide bonds. The predicted octanol–water partition coefficient (Wildman–Crippen LogP) is 3.89. The highest BCUT2D eigenvalue weighted by molar-refractivity contribution is 5.98. The molecule has 2 atom stereocenters. The van der Waals surface area contributed by atoms with Gasteiger partial charge in [-0.1, -0.05) is 0 Å². The predicted molar refractivity (Wildman–Crippen MR) is 136 cm³/mol. The highest BCUT2D eigenvalue weighted by atomic mass is 19.3. The normalized spacial score (nSPS) is 28.4. The van der Waals surface area contributed by atoms with E-state index in [-0.39, 0.29) is 23.2 Å². The van der Waals surface area contributed by atoms with Gasteiger partial charge in [0.05, 0.1) is 28.4 Å². The Morgan fingerprint density at radius 2 is 1.95 bits per heavy atom. The van der Waals surface area contributed by atoms with Crippen LogP contribution in [0, 0.1) is 5.82 Å². The zero-order valence-electron chi connectivity index (χ0n) is 24.1. The molecule has 0 spiro atoms. The molecule has 4 heterocycles. The number of carbonyl (C=O) groups excluding carboxylic acids is 1. The summed E-state index contributed by atoms with van der Waals surface area (Å²) >= 11 is 0. The van der Waals surface area contributed by atoms with Crippen molar-refractivity contribution in [3.63, 3.8) is 0 Å². The van der Waals surface area contributed by atoms with Crippen molar-refractivity contribution in [2.45, 2.75) is 55.9 Å². The van der Waals surface area contributed by atoms with Gasteiger partial charge in [-0.3, -0.25) is 4.79 Å². The number of halogens is 3. The van der Waals surface area contributed by atoms with Gasteiger partial charge in [0.15, 0.2) is 11.6 Å². The maximum atomic E-state index is 15.0. The second-order valence-corrected chi connectivity index (χ2v) is 11.0. The second kappa shape index (κ2) is 8.24. The molecule has 0 unspecified atom stereocenters. The number of benzene rings is 1. The lowest BCUT2D eigenvalue weighted by Gasteiger charge is -2.48. The Labute approximate surface area is 230 Å². The summed E-state index contributed by atoms with van der Waals surface area (Å²) in [7, 11) is 0. The Morgan fingerprint density at radius 1 is 1.20 bits per heavy atom. The van der Waals surface area contributed by atoms with Crippen LogP contribution in [0.3, 0.4) is 0 Å². The van der Waals surface area contributed by atoms with Gasteiger partial charge >= 0.3 is 6.61 Å². The van der Waals surface area contributed by atoms with E-state index in [2.05, 4.69) is 19.8 Å². The molecule has 1 aliphatic heterocycles. The highest BCUT2D eigenvalue weighted by Crippen LogP contribution is 2.54. The number of aromatic nitrogens is 4. The van der Waals surface area contributed by atoms with Crippen molar-refractivity contribution in [1.82, 2.24) is 24.5 Å². The molecule has 4 aromatic rings.